The second-order valence-corrected chi connectivity index (χ2v) is 5.05. The van der Waals surface area contributed by atoms with Crippen molar-refractivity contribution in [3.8, 4) is 0 Å². The molecular weight excluding hydrogens is 309 g/mol. The zero-order chi connectivity index (χ0) is 15.8. The Balaban J connectivity index is 2.50. The van der Waals surface area contributed by atoms with Gasteiger partial charge in [-0.05, 0) is 24.6 Å². The van der Waals surface area contributed by atoms with Crippen molar-refractivity contribution in [2.24, 2.45) is 0 Å². The molecule has 1 fully saturated rings. The highest BCUT2D eigenvalue weighted by molar-refractivity contribution is 6.30. The van der Waals surface area contributed by atoms with E-state index in [-0.39, 0.29) is 10.7 Å². The van der Waals surface area contributed by atoms with Crippen molar-refractivity contribution in [3.05, 3.63) is 28.8 Å². The minimum Gasteiger partial charge on any atom is -0.343 e. The van der Waals surface area contributed by atoms with Crippen LogP contribution in [0.25, 0.3) is 0 Å². The number of rotatable bonds is 2. The molecule has 1 saturated heterocycles. The highest BCUT2D eigenvalue weighted by Crippen LogP contribution is 2.38. The number of amides is 2. The molecule has 114 valence electrons. The van der Waals surface area contributed by atoms with E-state index in [0.717, 1.165) is 17.0 Å². The van der Waals surface area contributed by atoms with Crippen molar-refractivity contribution in [1.29, 1.82) is 0 Å². The first-order valence-corrected chi connectivity index (χ1v) is 6.59. The summed E-state index contributed by atoms with van der Waals surface area (Å²) in [6.07, 6.45) is -4.37. The first-order chi connectivity index (χ1) is 9.74. The van der Waals surface area contributed by atoms with Crippen LogP contribution in [0.5, 0.6) is 0 Å². The molecule has 0 aromatic heterocycles. The fraction of sp³-hybridized carbons (Fsp3) is 0.385. The van der Waals surface area contributed by atoms with Gasteiger partial charge in [0.25, 0.3) is 0 Å². The Kier molecular flexibility index (Phi) is 4.13. The molecule has 2 rings (SSSR count). The molecule has 0 spiro atoms. The Hall–Kier alpha value is -1.76. The van der Waals surface area contributed by atoms with E-state index >= 15 is 0 Å². The van der Waals surface area contributed by atoms with Crippen LogP contribution in [-0.2, 0) is 15.8 Å². The number of carbonyl (C=O) groups excluding carboxylic acids is 2. The maximum atomic E-state index is 13.1. The average Bonchev–Trinajstić information content (AvgIpc) is 2.40. The van der Waals surface area contributed by atoms with E-state index in [1.165, 1.54) is 6.07 Å². The molecule has 1 heterocycles. The Morgan fingerprint density at radius 3 is 2.62 bits per heavy atom. The van der Waals surface area contributed by atoms with E-state index in [0.29, 0.717) is 6.42 Å². The van der Waals surface area contributed by atoms with Crippen LogP contribution >= 0.6 is 11.6 Å². The summed E-state index contributed by atoms with van der Waals surface area (Å²) in [5.74, 6) is -1.06. The Bertz CT molecular complexity index is 589. The van der Waals surface area contributed by atoms with Gasteiger partial charge < -0.3 is 10.2 Å². The summed E-state index contributed by atoms with van der Waals surface area (Å²) in [7, 11) is 0. The van der Waals surface area contributed by atoms with Crippen LogP contribution in [-0.4, -0.2) is 24.4 Å². The third-order valence-corrected chi connectivity index (χ3v) is 3.40. The van der Waals surface area contributed by atoms with Crippen molar-refractivity contribution >= 4 is 29.1 Å². The summed E-state index contributed by atoms with van der Waals surface area (Å²) < 4.78 is 39.3. The lowest BCUT2D eigenvalue weighted by molar-refractivity contribution is -0.138. The van der Waals surface area contributed by atoms with E-state index in [4.69, 9.17) is 11.6 Å². The van der Waals surface area contributed by atoms with E-state index in [1.54, 1.807) is 6.92 Å². The fourth-order valence-corrected chi connectivity index (χ4v) is 2.33. The number of nitrogens with one attached hydrogen (secondary N) is 1. The zero-order valence-electron chi connectivity index (χ0n) is 11.0. The van der Waals surface area contributed by atoms with Crippen LogP contribution in [0.1, 0.15) is 18.9 Å². The molecule has 1 aliphatic heterocycles. The molecule has 8 heteroatoms. The van der Waals surface area contributed by atoms with Gasteiger partial charge >= 0.3 is 6.18 Å². The zero-order valence-corrected chi connectivity index (χ0v) is 11.8. The summed E-state index contributed by atoms with van der Waals surface area (Å²) in [6, 6.07) is 2.29. The first-order valence-electron chi connectivity index (χ1n) is 6.21. The average molecular weight is 321 g/mol. The number of anilines is 1. The molecule has 1 N–H and O–H groups in total. The molecule has 1 aromatic carbocycles. The highest BCUT2D eigenvalue weighted by atomic mass is 35.5. The summed E-state index contributed by atoms with van der Waals surface area (Å²) >= 11 is 5.60. The van der Waals surface area contributed by atoms with Crippen LogP contribution in [0.15, 0.2) is 18.2 Å². The van der Waals surface area contributed by atoms with Crippen molar-refractivity contribution in [2.75, 3.05) is 11.4 Å². The van der Waals surface area contributed by atoms with Crippen molar-refractivity contribution in [1.82, 2.24) is 5.32 Å². The first kappa shape index (κ1) is 15.6. The molecule has 21 heavy (non-hydrogen) atoms. The molecule has 0 bridgehead atoms. The van der Waals surface area contributed by atoms with Gasteiger partial charge in [0.05, 0.1) is 11.3 Å². The third kappa shape index (κ3) is 3.12. The Morgan fingerprint density at radius 2 is 2.05 bits per heavy atom. The van der Waals surface area contributed by atoms with Gasteiger partial charge in [-0.25, -0.2) is 0 Å². The number of piperazine rings is 1. The minimum absolute atomic E-state index is 0.0907. The number of hydrogen-bond donors (Lipinski definition) is 1. The SMILES string of the molecule is CCC1NC(=O)CN(c2ccc(Cl)cc2C(F)(F)F)C1=O. The summed E-state index contributed by atoms with van der Waals surface area (Å²) in [5, 5.41) is 2.36. The standard InChI is InChI=1S/C13H12ClF3N2O2/c1-2-9-12(21)19(6-11(20)18-9)10-4-3-7(14)5-8(10)13(15,16)17/h3-5,9H,2,6H2,1H3,(H,18,20). The maximum Gasteiger partial charge on any atom is 0.418 e. The number of benzene rings is 1. The molecule has 4 nitrogen and oxygen atoms in total. The Labute approximate surface area is 123 Å². The van der Waals surface area contributed by atoms with E-state index < -0.39 is 36.1 Å². The van der Waals surface area contributed by atoms with Gasteiger partial charge in [-0.2, -0.15) is 13.2 Å². The number of alkyl halides is 3. The lowest BCUT2D eigenvalue weighted by atomic mass is 10.1. The lowest BCUT2D eigenvalue weighted by Crippen LogP contribution is -2.58. The molecule has 0 aliphatic carbocycles. The molecular formula is C13H12ClF3N2O2. The van der Waals surface area contributed by atoms with Crippen LogP contribution in [0.3, 0.4) is 0 Å². The molecule has 1 unspecified atom stereocenters. The predicted molar refractivity (Wildman–Crippen MR) is 71.0 cm³/mol. The monoisotopic (exact) mass is 320 g/mol. The van der Waals surface area contributed by atoms with Gasteiger partial charge in [-0.3, -0.25) is 9.59 Å². The second kappa shape index (κ2) is 5.55. The molecule has 1 atom stereocenters. The summed E-state index contributed by atoms with van der Waals surface area (Å²) in [5.41, 5.74) is -1.39. The molecule has 0 radical (unpaired) electrons. The van der Waals surface area contributed by atoms with E-state index in [9.17, 15) is 22.8 Å². The van der Waals surface area contributed by atoms with E-state index in [1.807, 2.05) is 0 Å². The van der Waals surface area contributed by atoms with Gasteiger partial charge in [0.2, 0.25) is 11.8 Å². The smallest absolute Gasteiger partial charge is 0.343 e. The number of carbonyl (C=O) groups is 2. The van der Waals surface area contributed by atoms with E-state index in [2.05, 4.69) is 5.32 Å². The van der Waals surface area contributed by atoms with Crippen LogP contribution in [0.4, 0.5) is 18.9 Å². The molecule has 1 aromatic rings. The second-order valence-electron chi connectivity index (χ2n) is 4.61. The quantitative estimate of drug-likeness (QED) is 0.910. The topological polar surface area (TPSA) is 49.4 Å². The van der Waals surface area contributed by atoms with Gasteiger partial charge in [-0.1, -0.05) is 18.5 Å². The Morgan fingerprint density at radius 1 is 1.38 bits per heavy atom. The van der Waals surface area contributed by atoms with Crippen molar-refractivity contribution in [3.63, 3.8) is 0 Å². The van der Waals surface area contributed by atoms with Gasteiger partial charge in [0.15, 0.2) is 0 Å². The third-order valence-electron chi connectivity index (χ3n) is 3.16. The van der Waals surface area contributed by atoms with Gasteiger partial charge in [0.1, 0.15) is 12.6 Å². The van der Waals surface area contributed by atoms with Gasteiger partial charge in [0, 0.05) is 5.02 Å². The van der Waals surface area contributed by atoms with Crippen LogP contribution < -0.4 is 10.2 Å². The maximum absolute atomic E-state index is 13.1. The summed E-state index contributed by atoms with van der Waals surface area (Å²) in [4.78, 5) is 24.6. The fourth-order valence-electron chi connectivity index (χ4n) is 2.16. The molecule has 1 aliphatic rings. The largest absolute Gasteiger partial charge is 0.418 e. The highest BCUT2D eigenvalue weighted by Gasteiger charge is 2.39. The van der Waals surface area contributed by atoms with Crippen LogP contribution in [0.2, 0.25) is 5.02 Å². The van der Waals surface area contributed by atoms with Crippen molar-refractivity contribution in [2.45, 2.75) is 25.6 Å². The normalized spacial score (nSPS) is 19.7. The number of hydrogen-bond acceptors (Lipinski definition) is 2. The summed E-state index contributed by atoms with van der Waals surface area (Å²) in [6.45, 7) is 1.22. The van der Waals surface area contributed by atoms with Crippen molar-refractivity contribution < 1.29 is 22.8 Å². The predicted octanol–water partition coefficient (Wildman–Crippen LogP) is 2.60. The number of nitrogens with zero attached hydrogens (tertiary/aromatic N) is 1. The molecule has 0 saturated carbocycles. The van der Waals surface area contributed by atoms with Crippen LogP contribution in [0, 0.1) is 0 Å². The van der Waals surface area contributed by atoms with Gasteiger partial charge in [-0.15, -0.1) is 0 Å². The molecule has 2 amide bonds. The minimum atomic E-state index is -4.67. The number of halogens is 4. The lowest BCUT2D eigenvalue weighted by Gasteiger charge is -2.33.